The topological polar surface area (TPSA) is 32.3 Å². The van der Waals surface area contributed by atoms with E-state index in [0.29, 0.717) is 12.3 Å². The standard InChI is InChI=1S/C22H30N2OS/c1-5-24(6-2)15-20-10-8-7-9-19(20)14-23-22(25)16-26-21-12-11-17(3)18(4)13-21/h7-13H,5-6,14-16H2,1-4H3,(H,23,25). The van der Waals surface area contributed by atoms with E-state index in [4.69, 9.17) is 0 Å². The van der Waals surface area contributed by atoms with Crippen LogP contribution >= 0.6 is 11.8 Å². The second kappa shape index (κ2) is 10.4. The minimum atomic E-state index is 0.0749. The number of carbonyl (C=O) groups excluding carboxylic acids is 1. The van der Waals surface area contributed by atoms with E-state index in [2.05, 4.69) is 74.3 Å². The molecule has 0 bridgehead atoms. The number of benzene rings is 2. The Hall–Kier alpha value is -1.78. The number of nitrogens with one attached hydrogen (secondary N) is 1. The van der Waals surface area contributed by atoms with Crippen molar-refractivity contribution in [3.8, 4) is 0 Å². The van der Waals surface area contributed by atoms with Gasteiger partial charge in [-0.05, 0) is 61.3 Å². The lowest BCUT2D eigenvalue weighted by Gasteiger charge is -2.20. The number of hydrogen-bond donors (Lipinski definition) is 1. The van der Waals surface area contributed by atoms with Gasteiger partial charge in [0.05, 0.1) is 5.75 Å². The van der Waals surface area contributed by atoms with Gasteiger partial charge in [-0.25, -0.2) is 0 Å². The maximum atomic E-state index is 12.2. The Bertz CT molecular complexity index is 726. The van der Waals surface area contributed by atoms with E-state index < -0.39 is 0 Å². The average Bonchev–Trinajstić information content (AvgIpc) is 2.66. The number of rotatable bonds is 9. The van der Waals surface area contributed by atoms with E-state index in [1.165, 1.54) is 22.3 Å². The van der Waals surface area contributed by atoms with Crippen molar-refractivity contribution in [2.45, 2.75) is 45.7 Å². The van der Waals surface area contributed by atoms with Crippen molar-refractivity contribution < 1.29 is 4.79 Å². The van der Waals surface area contributed by atoms with Crippen LogP contribution in [0.2, 0.25) is 0 Å². The summed E-state index contributed by atoms with van der Waals surface area (Å²) >= 11 is 1.59. The van der Waals surface area contributed by atoms with Crippen molar-refractivity contribution in [2.24, 2.45) is 0 Å². The number of carbonyl (C=O) groups is 1. The van der Waals surface area contributed by atoms with E-state index in [0.717, 1.165) is 24.5 Å². The highest BCUT2D eigenvalue weighted by Crippen LogP contribution is 2.21. The molecule has 0 saturated carbocycles. The molecule has 0 unspecified atom stereocenters. The Labute approximate surface area is 162 Å². The minimum absolute atomic E-state index is 0.0749. The van der Waals surface area contributed by atoms with Crippen LogP contribution in [0.15, 0.2) is 47.4 Å². The van der Waals surface area contributed by atoms with Gasteiger partial charge in [0.1, 0.15) is 0 Å². The molecule has 0 aliphatic rings. The Morgan fingerprint density at radius 3 is 2.35 bits per heavy atom. The maximum Gasteiger partial charge on any atom is 0.230 e. The van der Waals surface area contributed by atoms with Gasteiger partial charge in [-0.3, -0.25) is 9.69 Å². The SMILES string of the molecule is CCN(CC)Cc1ccccc1CNC(=O)CSc1ccc(C)c(C)c1. The zero-order valence-corrected chi connectivity index (χ0v) is 17.2. The van der Waals surface area contributed by atoms with Crippen LogP contribution < -0.4 is 5.32 Å². The van der Waals surface area contributed by atoms with E-state index in [1.807, 2.05) is 6.07 Å². The first kappa shape index (κ1) is 20.5. The van der Waals surface area contributed by atoms with E-state index >= 15 is 0 Å². The second-order valence-electron chi connectivity index (χ2n) is 6.54. The van der Waals surface area contributed by atoms with Crippen LogP contribution in [0.25, 0.3) is 0 Å². The fraction of sp³-hybridized carbons (Fsp3) is 0.409. The number of nitrogens with zero attached hydrogens (tertiary/aromatic N) is 1. The molecule has 0 spiro atoms. The normalized spacial score (nSPS) is 11.0. The minimum Gasteiger partial charge on any atom is -0.351 e. The molecule has 3 nitrogen and oxygen atoms in total. The largest absolute Gasteiger partial charge is 0.351 e. The first-order chi connectivity index (χ1) is 12.5. The fourth-order valence-corrected chi connectivity index (χ4v) is 3.59. The van der Waals surface area contributed by atoms with Gasteiger partial charge in [0.25, 0.3) is 0 Å². The molecular weight excluding hydrogens is 340 g/mol. The van der Waals surface area contributed by atoms with Crippen LogP contribution in [0.1, 0.15) is 36.1 Å². The second-order valence-corrected chi connectivity index (χ2v) is 7.59. The van der Waals surface area contributed by atoms with Crippen LogP contribution in [0.4, 0.5) is 0 Å². The Morgan fingerprint density at radius 2 is 1.69 bits per heavy atom. The molecule has 2 rings (SSSR count). The van der Waals surface area contributed by atoms with Gasteiger partial charge >= 0.3 is 0 Å². The highest BCUT2D eigenvalue weighted by Gasteiger charge is 2.08. The predicted molar refractivity (Wildman–Crippen MR) is 112 cm³/mol. The first-order valence-corrected chi connectivity index (χ1v) is 10.3. The van der Waals surface area contributed by atoms with Gasteiger partial charge < -0.3 is 5.32 Å². The molecule has 1 N–H and O–H groups in total. The molecule has 2 aromatic carbocycles. The van der Waals surface area contributed by atoms with Gasteiger partial charge in [0.2, 0.25) is 5.91 Å². The molecule has 0 aromatic heterocycles. The molecule has 1 amide bonds. The van der Waals surface area contributed by atoms with Crippen molar-refractivity contribution in [3.63, 3.8) is 0 Å². The van der Waals surface area contributed by atoms with E-state index in [9.17, 15) is 4.79 Å². The Kier molecular flexibility index (Phi) is 8.20. The lowest BCUT2D eigenvalue weighted by atomic mass is 10.1. The molecule has 0 radical (unpaired) electrons. The van der Waals surface area contributed by atoms with Crippen molar-refractivity contribution in [1.82, 2.24) is 10.2 Å². The third-order valence-electron chi connectivity index (χ3n) is 4.73. The summed E-state index contributed by atoms with van der Waals surface area (Å²) in [4.78, 5) is 15.8. The van der Waals surface area contributed by atoms with Crippen LogP contribution in [-0.2, 0) is 17.9 Å². The van der Waals surface area contributed by atoms with Crippen molar-refractivity contribution in [1.29, 1.82) is 0 Å². The Balaban J connectivity index is 1.88. The van der Waals surface area contributed by atoms with E-state index in [-0.39, 0.29) is 5.91 Å². The molecule has 0 aliphatic carbocycles. The summed E-state index contributed by atoms with van der Waals surface area (Å²) in [6.07, 6.45) is 0. The number of amides is 1. The van der Waals surface area contributed by atoms with Gasteiger partial charge in [0.15, 0.2) is 0 Å². The smallest absolute Gasteiger partial charge is 0.230 e. The monoisotopic (exact) mass is 370 g/mol. The molecule has 0 atom stereocenters. The number of thioether (sulfide) groups is 1. The fourth-order valence-electron chi connectivity index (χ4n) is 2.77. The summed E-state index contributed by atoms with van der Waals surface area (Å²) in [6.45, 7) is 12.1. The third-order valence-corrected chi connectivity index (χ3v) is 5.72. The highest BCUT2D eigenvalue weighted by molar-refractivity contribution is 8.00. The van der Waals surface area contributed by atoms with E-state index in [1.54, 1.807) is 11.8 Å². The molecule has 0 fully saturated rings. The summed E-state index contributed by atoms with van der Waals surface area (Å²) < 4.78 is 0. The van der Waals surface area contributed by atoms with Gasteiger partial charge in [0, 0.05) is 18.0 Å². The zero-order valence-electron chi connectivity index (χ0n) is 16.3. The van der Waals surface area contributed by atoms with Crippen LogP contribution in [-0.4, -0.2) is 29.6 Å². The molecular formula is C22H30N2OS. The zero-order chi connectivity index (χ0) is 18.9. The molecule has 4 heteroatoms. The van der Waals surface area contributed by atoms with Gasteiger partial charge in [-0.1, -0.05) is 44.2 Å². The van der Waals surface area contributed by atoms with Crippen molar-refractivity contribution in [3.05, 3.63) is 64.7 Å². The summed E-state index contributed by atoms with van der Waals surface area (Å²) in [5, 5.41) is 3.07. The average molecular weight is 371 g/mol. The summed E-state index contributed by atoms with van der Waals surface area (Å²) in [5.41, 5.74) is 5.03. The molecule has 0 aliphatic heterocycles. The van der Waals surface area contributed by atoms with Gasteiger partial charge in [-0.15, -0.1) is 11.8 Å². The molecule has 0 saturated heterocycles. The molecule has 0 heterocycles. The van der Waals surface area contributed by atoms with Crippen molar-refractivity contribution in [2.75, 3.05) is 18.8 Å². The predicted octanol–water partition coefficient (Wildman–Crippen LogP) is 4.55. The summed E-state index contributed by atoms with van der Waals surface area (Å²) in [6, 6.07) is 14.7. The Morgan fingerprint density at radius 1 is 1.00 bits per heavy atom. The first-order valence-electron chi connectivity index (χ1n) is 9.29. The van der Waals surface area contributed by atoms with Gasteiger partial charge in [-0.2, -0.15) is 0 Å². The third kappa shape index (κ3) is 6.19. The lowest BCUT2D eigenvalue weighted by Crippen LogP contribution is -2.27. The molecule has 140 valence electrons. The van der Waals surface area contributed by atoms with Crippen LogP contribution in [0, 0.1) is 13.8 Å². The quantitative estimate of drug-likeness (QED) is 0.657. The number of hydrogen-bond acceptors (Lipinski definition) is 3. The molecule has 2 aromatic rings. The summed E-state index contributed by atoms with van der Waals surface area (Å²) in [7, 11) is 0. The highest BCUT2D eigenvalue weighted by atomic mass is 32.2. The lowest BCUT2D eigenvalue weighted by molar-refractivity contribution is -0.118. The molecule has 26 heavy (non-hydrogen) atoms. The maximum absolute atomic E-state index is 12.2. The van der Waals surface area contributed by atoms with Crippen LogP contribution in [0.5, 0.6) is 0 Å². The summed E-state index contributed by atoms with van der Waals surface area (Å²) in [5.74, 6) is 0.520. The van der Waals surface area contributed by atoms with Crippen molar-refractivity contribution >= 4 is 17.7 Å². The number of aryl methyl sites for hydroxylation is 2. The van der Waals surface area contributed by atoms with Crippen LogP contribution in [0.3, 0.4) is 0 Å².